The van der Waals surface area contributed by atoms with E-state index in [1.165, 1.54) is 6.26 Å². The number of pyridine rings is 1. The van der Waals surface area contributed by atoms with Gasteiger partial charge in [-0.2, -0.15) is 5.10 Å². The van der Waals surface area contributed by atoms with Crippen LogP contribution in [0, 0.1) is 5.92 Å². The largest absolute Gasteiger partial charge is 0.598 e. The summed E-state index contributed by atoms with van der Waals surface area (Å²) in [7, 11) is -3.12. The SMILES string of the molecule is C[S+](=O)([O-])N1CCC(Cn2ccc3c(N4CCOCC4)nc(-c4cccc5[nH]ncc45)cc32)CC1. The van der Waals surface area contributed by atoms with Crippen molar-refractivity contribution in [3.05, 3.63) is 42.7 Å². The van der Waals surface area contributed by atoms with Gasteiger partial charge in [0, 0.05) is 55.3 Å². The standard InChI is InChI=1S/C25H30N6O3S/c1-35(32,33)31-9-5-18(6-10-31)17-30-8-7-20-24(30)15-23(27-25(20)29-11-13-34-14-12-29)19-3-2-4-22-21(19)16-26-28-22/h2-4,7-8,15-16,18H,5-6,9-14,17H2,1H3,(H-,26,28,32,33). The topological polar surface area (TPSA) is 102 Å². The summed E-state index contributed by atoms with van der Waals surface area (Å²) in [6, 6.07) is 10.5. The fourth-order valence-corrected chi connectivity index (χ4v) is 6.25. The lowest BCUT2D eigenvalue weighted by Crippen LogP contribution is -2.41. The van der Waals surface area contributed by atoms with E-state index in [4.69, 9.17) is 9.72 Å². The molecule has 0 bridgehead atoms. The number of benzene rings is 1. The number of H-pyrrole nitrogens is 1. The van der Waals surface area contributed by atoms with Crippen molar-refractivity contribution in [3.63, 3.8) is 0 Å². The number of ether oxygens (including phenoxy) is 1. The predicted octanol–water partition coefficient (Wildman–Crippen LogP) is 3.30. The number of piperidine rings is 1. The minimum atomic E-state index is -3.12. The second-order valence-corrected chi connectivity index (χ2v) is 11.6. The molecule has 4 aromatic rings. The first-order valence-electron chi connectivity index (χ1n) is 12.2. The Balaban J connectivity index is 1.39. The average molecular weight is 495 g/mol. The van der Waals surface area contributed by atoms with Crippen molar-refractivity contribution < 1.29 is 13.5 Å². The van der Waals surface area contributed by atoms with Crippen LogP contribution in [0.5, 0.6) is 0 Å². The summed E-state index contributed by atoms with van der Waals surface area (Å²) in [4.78, 5) is 7.48. The molecule has 1 unspecified atom stereocenters. The number of nitrogens with one attached hydrogen (secondary N) is 1. The molecular formula is C25H30N6O3S. The van der Waals surface area contributed by atoms with Gasteiger partial charge in [-0.3, -0.25) is 5.10 Å². The number of fused-ring (bicyclic) bond motifs is 2. The Morgan fingerprint density at radius 3 is 2.71 bits per heavy atom. The second-order valence-electron chi connectivity index (χ2n) is 9.57. The molecule has 2 aliphatic heterocycles. The van der Waals surface area contributed by atoms with Crippen molar-refractivity contribution in [2.45, 2.75) is 19.4 Å². The molecule has 6 rings (SSSR count). The number of rotatable bonds is 5. The molecule has 0 spiro atoms. The summed E-state index contributed by atoms with van der Waals surface area (Å²) < 4.78 is 33.3. The third-order valence-corrected chi connectivity index (χ3v) is 8.62. The lowest BCUT2D eigenvalue weighted by Gasteiger charge is -2.32. The van der Waals surface area contributed by atoms with E-state index in [1.54, 1.807) is 4.31 Å². The van der Waals surface area contributed by atoms with Crippen molar-refractivity contribution in [2.75, 3.05) is 50.5 Å². The molecule has 1 aromatic carbocycles. The van der Waals surface area contributed by atoms with Crippen LogP contribution in [0.4, 0.5) is 5.82 Å². The number of hydrogen-bond acceptors (Lipinski definition) is 6. The van der Waals surface area contributed by atoms with Crippen molar-refractivity contribution in [1.82, 2.24) is 24.1 Å². The van der Waals surface area contributed by atoms with Gasteiger partial charge in [0.15, 0.2) is 0 Å². The highest BCUT2D eigenvalue weighted by Gasteiger charge is 2.29. The molecule has 1 atom stereocenters. The molecule has 10 heteroatoms. The van der Waals surface area contributed by atoms with E-state index in [0.717, 1.165) is 71.4 Å². The molecule has 0 saturated carbocycles. The quantitative estimate of drug-likeness (QED) is 0.427. The van der Waals surface area contributed by atoms with E-state index in [9.17, 15) is 8.76 Å². The normalized spacial score (nSPS) is 20.0. The maximum atomic E-state index is 11.9. The Morgan fingerprint density at radius 2 is 1.94 bits per heavy atom. The number of aromatic amines is 1. The van der Waals surface area contributed by atoms with Gasteiger partial charge in [0.2, 0.25) is 0 Å². The van der Waals surface area contributed by atoms with Crippen LogP contribution in [0.15, 0.2) is 42.7 Å². The molecule has 0 radical (unpaired) electrons. The van der Waals surface area contributed by atoms with Crippen LogP contribution in [0.1, 0.15) is 12.8 Å². The van der Waals surface area contributed by atoms with Crippen molar-refractivity contribution in [1.29, 1.82) is 0 Å². The minimum Gasteiger partial charge on any atom is -0.598 e. The van der Waals surface area contributed by atoms with Gasteiger partial charge in [-0.15, -0.1) is 4.31 Å². The van der Waals surface area contributed by atoms with Crippen LogP contribution in [-0.4, -0.2) is 74.3 Å². The number of aromatic nitrogens is 4. The van der Waals surface area contributed by atoms with Crippen molar-refractivity contribution in [3.8, 4) is 11.3 Å². The lowest BCUT2D eigenvalue weighted by atomic mass is 9.98. The summed E-state index contributed by atoms with van der Waals surface area (Å²) in [5.74, 6) is 1.43. The first-order valence-corrected chi connectivity index (χ1v) is 14.0. The van der Waals surface area contributed by atoms with E-state index < -0.39 is 10.4 Å². The van der Waals surface area contributed by atoms with Crippen molar-refractivity contribution in [2.24, 2.45) is 5.92 Å². The second kappa shape index (κ2) is 9.02. The maximum absolute atomic E-state index is 11.9. The molecule has 9 nitrogen and oxygen atoms in total. The van der Waals surface area contributed by atoms with Gasteiger partial charge in [0.05, 0.1) is 36.1 Å². The van der Waals surface area contributed by atoms with E-state index in [0.29, 0.717) is 32.2 Å². The van der Waals surface area contributed by atoms with Crippen LogP contribution < -0.4 is 4.90 Å². The van der Waals surface area contributed by atoms with Crippen molar-refractivity contribution >= 4 is 38.0 Å². The van der Waals surface area contributed by atoms with Gasteiger partial charge in [-0.25, -0.2) is 4.98 Å². The Morgan fingerprint density at radius 1 is 1.14 bits per heavy atom. The fraction of sp³-hybridized carbons (Fsp3) is 0.440. The molecule has 35 heavy (non-hydrogen) atoms. The number of morpholine rings is 1. The highest BCUT2D eigenvalue weighted by atomic mass is 32.3. The highest BCUT2D eigenvalue weighted by molar-refractivity contribution is 7.94. The number of nitrogens with zero attached hydrogens (tertiary/aromatic N) is 5. The van der Waals surface area contributed by atoms with Crippen LogP contribution in [0.25, 0.3) is 33.1 Å². The summed E-state index contributed by atoms with van der Waals surface area (Å²) >= 11 is 0. The molecule has 184 valence electrons. The number of anilines is 1. The Kier molecular flexibility index (Phi) is 5.84. The molecule has 2 saturated heterocycles. The summed E-state index contributed by atoms with van der Waals surface area (Å²) in [5, 5.41) is 9.50. The monoisotopic (exact) mass is 494 g/mol. The lowest BCUT2D eigenvalue weighted by molar-refractivity contribution is 0.122. The Labute approximate surface area is 205 Å². The molecule has 5 heterocycles. The maximum Gasteiger partial charge on any atom is 0.138 e. The zero-order chi connectivity index (χ0) is 24.0. The zero-order valence-corrected chi connectivity index (χ0v) is 20.7. The van der Waals surface area contributed by atoms with Gasteiger partial charge in [0.1, 0.15) is 22.5 Å². The average Bonchev–Trinajstić information content (AvgIpc) is 3.51. The van der Waals surface area contributed by atoms with Gasteiger partial charge >= 0.3 is 0 Å². The molecule has 2 fully saturated rings. The van der Waals surface area contributed by atoms with Crippen LogP contribution >= 0.6 is 0 Å². The predicted molar refractivity (Wildman–Crippen MR) is 137 cm³/mol. The molecular weight excluding hydrogens is 464 g/mol. The smallest absolute Gasteiger partial charge is 0.138 e. The Hall–Kier alpha value is -2.79. The van der Waals surface area contributed by atoms with E-state index in [1.807, 2.05) is 18.3 Å². The van der Waals surface area contributed by atoms with Gasteiger partial charge in [-0.05, 0) is 37.0 Å². The van der Waals surface area contributed by atoms with E-state index >= 15 is 0 Å². The molecule has 0 aliphatic carbocycles. The van der Waals surface area contributed by atoms with Gasteiger partial charge < -0.3 is 18.8 Å². The molecule has 1 N–H and O–H groups in total. The van der Waals surface area contributed by atoms with E-state index in [-0.39, 0.29) is 0 Å². The van der Waals surface area contributed by atoms with Crippen LogP contribution in [-0.2, 0) is 25.9 Å². The molecule has 3 aromatic heterocycles. The Bertz CT molecular complexity index is 1390. The first-order chi connectivity index (χ1) is 17.0. The summed E-state index contributed by atoms with van der Waals surface area (Å²) in [6.45, 7) is 5.08. The highest BCUT2D eigenvalue weighted by Crippen LogP contribution is 2.35. The van der Waals surface area contributed by atoms with Crippen LogP contribution in [0.2, 0.25) is 0 Å². The van der Waals surface area contributed by atoms with Crippen LogP contribution in [0.3, 0.4) is 0 Å². The first kappa shape index (κ1) is 22.7. The van der Waals surface area contributed by atoms with Gasteiger partial charge in [0.25, 0.3) is 0 Å². The molecule has 0 amide bonds. The zero-order valence-electron chi connectivity index (χ0n) is 19.9. The van der Waals surface area contributed by atoms with Gasteiger partial charge in [-0.1, -0.05) is 16.3 Å². The minimum absolute atomic E-state index is 0.435. The third kappa shape index (κ3) is 4.35. The third-order valence-electron chi connectivity index (χ3n) is 7.32. The fourth-order valence-electron chi connectivity index (χ4n) is 5.38. The van der Waals surface area contributed by atoms with E-state index in [2.05, 4.69) is 44.1 Å². The molecule has 2 aliphatic rings. The summed E-state index contributed by atoms with van der Waals surface area (Å²) in [6.07, 6.45) is 7.06. The number of sulfonamides is 1. The number of hydrogen-bond donors (Lipinski definition) is 1. The summed E-state index contributed by atoms with van der Waals surface area (Å²) in [5.41, 5.74) is 4.13.